The minimum atomic E-state index is -0.0699. The Hall–Kier alpha value is -0.570. The zero-order chi connectivity index (χ0) is 17.0. The first-order valence-electron chi connectivity index (χ1n) is 9.49. The molecule has 0 atom stereocenters. The molecule has 2 aliphatic carbocycles. The van der Waals surface area contributed by atoms with Crippen molar-refractivity contribution in [3.05, 3.63) is 0 Å². The van der Waals surface area contributed by atoms with E-state index in [1.165, 1.54) is 25.7 Å². The summed E-state index contributed by atoms with van der Waals surface area (Å²) in [5, 5.41) is 6.49. The molecule has 0 aromatic rings. The molecule has 2 rings (SSSR count). The maximum atomic E-state index is 11.7. The number of rotatable bonds is 11. The van der Waals surface area contributed by atoms with E-state index >= 15 is 0 Å². The summed E-state index contributed by atoms with van der Waals surface area (Å²) in [6.45, 7) is 3.28. The largest absolute Gasteiger partial charge is 0.462 e. The second-order valence-corrected chi connectivity index (χ2v) is 6.80. The van der Waals surface area contributed by atoms with E-state index in [0.717, 1.165) is 63.9 Å². The highest BCUT2D eigenvalue weighted by Gasteiger charge is 2.21. The molecule has 2 aliphatic rings. The molecule has 0 aromatic carbocycles. The zero-order valence-electron chi connectivity index (χ0n) is 15.4. The monoisotopic (exact) mass is 467 g/mol. The van der Waals surface area contributed by atoms with Crippen molar-refractivity contribution in [3.63, 3.8) is 0 Å². The summed E-state index contributed by atoms with van der Waals surface area (Å²) in [6, 6.07) is 0. The first kappa shape index (κ1) is 22.5. The van der Waals surface area contributed by atoms with E-state index in [-0.39, 0.29) is 36.0 Å². The lowest BCUT2D eigenvalue weighted by Crippen LogP contribution is -2.38. The minimum absolute atomic E-state index is 0. The van der Waals surface area contributed by atoms with Crippen LogP contribution < -0.4 is 10.6 Å². The fraction of sp³-hybridized carbons (Fsp3) is 0.889. The smallest absolute Gasteiger partial charge is 0.306 e. The maximum Gasteiger partial charge on any atom is 0.306 e. The first-order chi connectivity index (χ1) is 11.8. The highest BCUT2D eigenvalue weighted by atomic mass is 127. The van der Waals surface area contributed by atoms with Gasteiger partial charge in [-0.25, -0.2) is 0 Å². The Morgan fingerprint density at radius 1 is 1.08 bits per heavy atom. The lowest BCUT2D eigenvalue weighted by atomic mass is 10.3. The third kappa shape index (κ3) is 10.9. The molecule has 0 radical (unpaired) electrons. The summed E-state index contributed by atoms with van der Waals surface area (Å²) in [4.78, 5) is 15.9. The van der Waals surface area contributed by atoms with Gasteiger partial charge in [-0.05, 0) is 57.3 Å². The number of aliphatic imine (C=N–C) groups is 1. The van der Waals surface area contributed by atoms with Gasteiger partial charge in [-0.3, -0.25) is 9.79 Å². The molecule has 0 amide bonds. The molecule has 0 aromatic heterocycles. The summed E-state index contributed by atoms with van der Waals surface area (Å²) in [7, 11) is 1.76. The lowest BCUT2D eigenvalue weighted by Gasteiger charge is -2.13. The van der Waals surface area contributed by atoms with Crippen LogP contribution in [0, 0.1) is 5.92 Å². The van der Waals surface area contributed by atoms with Crippen molar-refractivity contribution in [1.82, 2.24) is 10.6 Å². The molecular formula is C18H34IN3O3. The number of nitrogens with one attached hydrogen (secondary N) is 2. The van der Waals surface area contributed by atoms with Crippen molar-refractivity contribution >= 4 is 35.9 Å². The van der Waals surface area contributed by atoms with Gasteiger partial charge in [-0.15, -0.1) is 24.0 Å². The molecule has 0 heterocycles. The SMILES string of the molecule is CN=C(NCCCOCC1CC1)NCCCC(=O)OC1CCCC1.I. The van der Waals surface area contributed by atoms with Gasteiger partial charge in [0.25, 0.3) is 0 Å². The third-order valence-corrected chi connectivity index (χ3v) is 4.48. The summed E-state index contributed by atoms with van der Waals surface area (Å²) in [5.41, 5.74) is 0. The molecule has 0 spiro atoms. The van der Waals surface area contributed by atoms with E-state index in [9.17, 15) is 4.79 Å². The van der Waals surface area contributed by atoms with Crippen LogP contribution in [0.3, 0.4) is 0 Å². The average Bonchev–Trinajstić information content (AvgIpc) is 3.27. The van der Waals surface area contributed by atoms with Crippen LogP contribution in [0.2, 0.25) is 0 Å². The second-order valence-electron chi connectivity index (χ2n) is 6.80. The van der Waals surface area contributed by atoms with Gasteiger partial charge in [0.2, 0.25) is 0 Å². The van der Waals surface area contributed by atoms with Crippen molar-refractivity contribution in [3.8, 4) is 0 Å². The molecule has 0 unspecified atom stereocenters. The van der Waals surface area contributed by atoms with E-state index in [0.29, 0.717) is 6.42 Å². The zero-order valence-corrected chi connectivity index (χ0v) is 17.8. The Bertz CT molecular complexity index is 397. The Labute approximate surface area is 168 Å². The van der Waals surface area contributed by atoms with Gasteiger partial charge in [-0.1, -0.05) is 0 Å². The first-order valence-corrected chi connectivity index (χ1v) is 9.49. The second kappa shape index (κ2) is 13.6. The van der Waals surface area contributed by atoms with Crippen LogP contribution >= 0.6 is 24.0 Å². The maximum absolute atomic E-state index is 11.7. The predicted molar refractivity (Wildman–Crippen MR) is 111 cm³/mol. The minimum Gasteiger partial charge on any atom is -0.462 e. The molecule has 2 N–H and O–H groups in total. The molecule has 6 nitrogen and oxygen atoms in total. The van der Waals surface area contributed by atoms with Crippen molar-refractivity contribution in [2.45, 2.75) is 63.9 Å². The van der Waals surface area contributed by atoms with Crippen LogP contribution in [-0.2, 0) is 14.3 Å². The number of ether oxygens (including phenoxy) is 2. The summed E-state index contributed by atoms with van der Waals surface area (Å²) in [6.07, 6.45) is 9.48. The number of carbonyl (C=O) groups is 1. The average molecular weight is 467 g/mol. The number of nitrogens with zero attached hydrogens (tertiary/aromatic N) is 1. The highest BCUT2D eigenvalue weighted by Crippen LogP contribution is 2.28. The van der Waals surface area contributed by atoms with Crippen molar-refractivity contribution in [1.29, 1.82) is 0 Å². The van der Waals surface area contributed by atoms with Crippen LogP contribution in [0.15, 0.2) is 4.99 Å². The molecule has 146 valence electrons. The fourth-order valence-corrected chi connectivity index (χ4v) is 2.83. The number of hydrogen-bond acceptors (Lipinski definition) is 4. The van der Waals surface area contributed by atoms with E-state index in [1.807, 2.05) is 0 Å². The Morgan fingerprint density at radius 3 is 2.40 bits per heavy atom. The van der Waals surface area contributed by atoms with Gasteiger partial charge in [-0.2, -0.15) is 0 Å². The number of esters is 1. The van der Waals surface area contributed by atoms with Gasteiger partial charge >= 0.3 is 5.97 Å². The van der Waals surface area contributed by atoms with Gasteiger partial charge < -0.3 is 20.1 Å². The fourth-order valence-electron chi connectivity index (χ4n) is 2.83. The van der Waals surface area contributed by atoms with Crippen molar-refractivity contribution in [2.24, 2.45) is 10.9 Å². The molecular weight excluding hydrogens is 433 g/mol. The molecule has 7 heteroatoms. The molecule has 25 heavy (non-hydrogen) atoms. The highest BCUT2D eigenvalue weighted by molar-refractivity contribution is 14.0. The van der Waals surface area contributed by atoms with Crippen molar-refractivity contribution < 1.29 is 14.3 Å². The summed E-state index contributed by atoms with van der Waals surface area (Å²) in [5.74, 6) is 1.54. The van der Waals surface area contributed by atoms with Crippen LogP contribution in [0.1, 0.15) is 57.8 Å². The van der Waals surface area contributed by atoms with Crippen LogP contribution in [0.5, 0.6) is 0 Å². The van der Waals surface area contributed by atoms with E-state index in [1.54, 1.807) is 7.05 Å². The van der Waals surface area contributed by atoms with Gasteiger partial charge in [0, 0.05) is 39.8 Å². The predicted octanol–water partition coefficient (Wildman–Crippen LogP) is 2.85. The van der Waals surface area contributed by atoms with Crippen LogP contribution in [0.4, 0.5) is 0 Å². The summed E-state index contributed by atoms with van der Waals surface area (Å²) < 4.78 is 11.0. The molecule has 2 fully saturated rings. The molecule has 0 bridgehead atoms. The lowest BCUT2D eigenvalue weighted by molar-refractivity contribution is -0.148. The van der Waals surface area contributed by atoms with Gasteiger partial charge in [0.05, 0.1) is 0 Å². The Morgan fingerprint density at radius 2 is 1.76 bits per heavy atom. The number of carbonyl (C=O) groups excluding carboxylic acids is 1. The quantitative estimate of drug-likeness (QED) is 0.161. The van der Waals surface area contributed by atoms with Crippen LogP contribution in [0.25, 0.3) is 0 Å². The van der Waals surface area contributed by atoms with E-state index < -0.39 is 0 Å². The van der Waals surface area contributed by atoms with E-state index in [4.69, 9.17) is 9.47 Å². The number of hydrogen-bond donors (Lipinski definition) is 2. The standard InChI is InChI=1S/C18H33N3O3.HI/c1-19-18(21-12-5-13-23-14-15-9-10-15)20-11-4-8-17(22)24-16-6-2-3-7-16;/h15-16H,2-14H2,1H3,(H2,19,20,21);1H. The Kier molecular flexibility index (Phi) is 12.2. The number of halogens is 1. The molecule has 0 aliphatic heterocycles. The van der Waals surface area contributed by atoms with Crippen molar-refractivity contribution in [2.75, 3.05) is 33.4 Å². The summed E-state index contributed by atoms with van der Waals surface area (Å²) >= 11 is 0. The van der Waals surface area contributed by atoms with E-state index in [2.05, 4.69) is 15.6 Å². The third-order valence-electron chi connectivity index (χ3n) is 4.48. The van der Waals surface area contributed by atoms with Gasteiger partial charge in [0.15, 0.2) is 5.96 Å². The Balaban J connectivity index is 0.00000312. The van der Waals surface area contributed by atoms with Crippen LogP contribution in [-0.4, -0.2) is 51.4 Å². The van der Waals surface area contributed by atoms with Gasteiger partial charge in [0.1, 0.15) is 6.10 Å². The molecule has 0 saturated heterocycles. The topological polar surface area (TPSA) is 72.0 Å². The normalized spacial score (nSPS) is 17.9. The molecule has 2 saturated carbocycles. The number of guanidine groups is 1.